The number of carbonyl (C=O) groups excluding carboxylic acids is 2. The molecule has 104 valence electrons. The smallest absolute Gasteiger partial charge is 0.318 e. The maximum absolute atomic E-state index is 11.7. The molecule has 1 saturated heterocycles. The molecule has 0 unspecified atom stereocenters. The molecule has 0 aromatic carbocycles. The normalized spacial score (nSPS) is 23.1. The second-order valence-corrected chi connectivity index (χ2v) is 5.15. The molecule has 0 bridgehead atoms. The number of nitrogens with one attached hydrogen (secondary N) is 1. The van der Waals surface area contributed by atoms with E-state index >= 15 is 0 Å². The highest BCUT2D eigenvalue weighted by atomic mass is 16.2. The number of carbonyl (C=O) groups is 2. The summed E-state index contributed by atoms with van der Waals surface area (Å²) in [7, 11) is 0. The van der Waals surface area contributed by atoms with E-state index in [1.54, 1.807) is 0 Å². The number of amides is 3. The standard InChI is InChI=1S/C13H25N3O2/c1-3-5-11-6-4-8-16(9-7-11)10(2)12(17)15-13(14)18/h10-11H,3-9H2,1-2H3,(H3,14,15,17,18)/t10-,11+/m0/s1. The molecule has 1 fully saturated rings. The van der Waals surface area contributed by atoms with Gasteiger partial charge in [0.1, 0.15) is 0 Å². The van der Waals surface area contributed by atoms with Crippen molar-refractivity contribution in [1.29, 1.82) is 0 Å². The number of likely N-dealkylation sites (tertiary alicyclic amines) is 1. The van der Waals surface area contributed by atoms with Crippen molar-refractivity contribution in [3.63, 3.8) is 0 Å². The van der Waals surface area contributed by atoms with Gasteiger partial charge in [-0.15, -0.1) is 0 Å². The molecule has 5 nitrogen and oxygen atoms in total. The summed E-state index contributed by atoms with van der Waals surface area (Å²) in [6.07, 6.45) is 6.01. The van der Waals surface area contributed by atoms with Gasteiger partial charge in [0.25, 0.3) is 0 Å². The van der Waals surface area contributed by atoms with E-state index in [1.165, 1.54) is 19.3 Å². The lowest BCUT2D eigenvalue weighted by Crippen LogP contribution is -2.48. The number of imide groups is 1. The maximum Gasteiger partial charge on any atom is 0.318 e. The molecule has 0 radical (unpaired) electrons. The summed E-state index contributed by atoms with van der Waals surface area (Å²) in [6.45, 7) is 5.90. The summed E-state index contributed by atoms with van der Waals surface area (Å²) in [5.41, 5.74) is 4.96. The summed E-state index contributed by atoms with van der Waals surface area (Å²) < 4.78 is 0. The van der Waals surface area contributed by atoms with Gasteiger partial charge in [-0.3, -0.25) is 15.0 Å². The van der Waals surface area contributed by atoms with E-state index in [2.05, 4.69) is 17.1 Å². The molecule has 3 amide bonds. The molecule has 1 heterocycles. The van der Waals surface area contributed by atoms with Gasteiger partial charge < -0.3 is 5.73 Å². The Morgan fingerprint density at radius 3 is 2.72 bits per heavy atom. The van der Waals surface area contributed by atoms with Crippen molar-refractivity contribution >= 4 is 11.9 Å². The number of urea groups is 1. The van der Waals surface area contributed by atoms with Crippen molar-refractivity contribution in [2.45, 2.75) is 52.0 Å². The third kappa shape index (κ3) is 4.64. The number of nitrogens with two attached hydrogens (primary N) is 1. The van der Waals surface area contributed by atoms with Crippen molar-refractivity contribution < 1.29 is 9.59 Å². The Bertz CT molecular complexity index is 294. The van der Waals surface area contributed by atoms with E-state index in [9.17, 15) is 9.59 Å². The molecule has 5 heteroatoms. The zero-order valence-corrected chi connectivity index (χ0v) is 11.4. The van der Waals surface area contributed by atoms with Crippen LogP contribution in [-0.4, -0.2) is 36.0 Å². The van der Waals surface area contributed by atoms with Crippen molar-refractivity contribution in [1.82, 2.24) is 10.2 Å². The number of hydrogen-bond acceptors (Lipinski definition) is 3. The first kappa shape index (κ1) is 15.0. The van der Waals surface area contributed by atoms with Crippen LogP contribution in [0.2, 0.25) is 0 Å². The van der Waals surface area contributed by atoms with E-state index in [0.29, 0.717) is 0 Å². The summed E-state index contributed by atoms with van der Waals surface area (Å²) in [5, 5.41) is 2.15. The molecular weight excluding hydrogens is 230 g/mol. The van der Waals surface area contributed by atoms with Gasteiger partial charge in [0.15, 0.2) is 0 Å². The monoisotopic (exact) mass is 255 g/mol. The zero-order chi connectivity index (χ0) is 13.5. The van der Waals surface area contributed by atoms with Crippen LogP contribution in [0, 0.1) is 5.92 Å². The minimum absolute atomic E-state index is 0.280. The van der Waals surface area contributed by atoms with Crippen LogP contribution >= 0.6 is 0 Å². The van der Waals surface area contributed by atoms with E-state index in [1.807, 2.05) is 6.92 Å². The quantitative estimate of drug-likeness (QED) is 0.798. The Labute approximate surface area is 109 Å². The summed E-state index contributed by atoms with van der Waals surface area (Å²) >= 11 is 0. The number of rotatable bonds is 4. The van der Waals surface area contributed by atoms with Crippen molar-refractivity contribution in [2.75, 3.05) is 13.1 Å². The Morgan fingerprint density at radius 2 is 2.11 bits per heavy atom. The van der Waals surface area contributed by atoms with Gasteiger partial charge in [-0.1, -0.05) is 19.8 Å². The predicted molar refractivity (Wildman–Crippen MR) is 71.0 cm³/mol. The Morgan fingerprint density at radius 1 is 1.39 bits per heavy atom. The summed E-state index contributed by atoms with van der Waals surface area (Å²) in [4.78, 5) is 24.5. The molecule has 1 rings (SSSR count). The van der Waals surface area contributed by atoms with Crippen LogP contribution in [0.5, 0.6) is 0 Å². The third-order valence-electron chi connectivity index (χ3n) is 3.75. The first-order chi connectivity index (χ1) is 8.54. The molecule has 1 aliphatic heterocycles. The van der Waals surface area contributed by atoms with Crippen LogP contribution < -0.4 is 11.1 Å². The minimum Gasteiger partial charge on any atom is -0.351 e. The molecule has 0 aromatic heterocycles. The topological polar surface area (TPSA) is 75.4 Å². The Balaban J connectivity index is 2.46. The molecule has 18 heavy (non-hydrogen) atoms. The third-order valence-corrected chi connectivity index (χ3v) is 3.75. The largest absolute Gasteiger partial charge is 0.351 e. The first-order valence-electron chi connectivity index (χ1n) is 6.89. The highest BCUT2D eigenvalue weighted by Crippen LogP contribution is 2.22. The molecular formula is C13H25N3O2. The van der Waals surface area contributed by atoms with Gasteiger partial charge in [-0.05, 0) is 45.2 Å². The molecule has 3 N–H and O–H groups in total. The number of primary amides is 1. The second kappa shape index (κ2) is 7.36. The van der Waals surface area contributed by atoms with Crippen LogP contribution in [0.1, 0.15) is 46.0 Å². The van der Waals surface area contributed by atoms with Crippen LogP contribution in [0.15, 0.2) is 0 Å². The summed E-state index contributed by atoms with van der Waals surface area (Å²) in [5.74, 6) is 0.489. The van der Waals surface area contributed by atoms with Crippen LogP contribution in [0.3, 0.4) is 0 Å². The van der Waals surface area contributed by atoms with Crippen molar-refractivity contribution in [3.05, 3.63) is 0 Å². The van der Waals surface area contributed by atoms with Gasteiger partial charge in [0, 0.05) is 0 Å². The fourth-order valence-electron chi connectivity index (χ4n) is 2.66. The lowest BCUT2D eigenvalue weighted by molar-refractivity contribution is -0.124. The minimum atomic E-state index is -0.773. The highest BCUT2D eigenvalue weighted by molar-refractivity contribution is 5.96. The SMILES string of the molecule is CCC[C@@H]1CCCN([C@@H](C)C(=O)NC(N)=O)CC1. The Hall–Kier alpha value is -1.10. The van der Waals surface area contributed by atoms with E-state index < -0.39 is 6.03 Å². The fourth-order valence-corrected chi connectivity index (χ4v) is 2.66. The average Bonchev–Trinajstić information content (AvgIpc) is 2.53. The average molecular weight is 255 g/mol. The molecule has 1 aliphatic rings. The van der Waals surface area contributed by atoms with Gasteiger partial charge in [-0.2, -0.15) is 0 Å². The fraction of sp³-hybridized carbons (Fsp3) is 0.846. The Kier molecular flexibility index (Phi) is 6.12. The first-order valence-corrected chi connectivity index (χ1v) is 6.89. The molecule has 0 saturated carbocycles. The van der Waals surface area contributed by atoms with Crippen LogP contribution in [0.4, 0.5) is 4.79 Å². The van der Waals surface area contributed by atoms with Crippen LogP contribution in [0.25, 0.3) is 0 Å². The van der Waals surface area contributed by atoms with Gasteiger partial charge >= 0.3 is 6.03 Å². The van der Waals surface area contributed by atoms with Crippen molar-refractivity contribution in [3.8, 4) is 0 Å². The highest BCUT2D eigenvalue weighted by Gasteiger charge is 2.25. The molecule has 0 aromatic rings. The van der Waals surface area contributed by atoms with Gasteiger partial charge in [-0.25, -0.2) is 4.79 Å². The van der Waals surface area contributed by atoms with Gasteiger partial charge in [0.2, 0.25) is 5.91 Å². The molecule has 0 spiro atoms. The second-order valence-electron chi connectivity index (χ2n) is 5.15. The van der Waals surface area contributed by atoms with Gasteiger partial charge in [0.05, 0.1) is 6.04 Å². The predicted octanol–water partition coefficient (Wildman–Crippen LogP) is 1.47. The van der Waals surface area contributed by atoms with Crippen molar-refractivity contribution in [2.24, 2.45) is 11.7 Å². The maximum atomic E-state index is 11.7. The zero-order valence-electron chi connectivity index (χ0n) is 11.4. The lowest BCUT2D eigenvalue weighted by atomic mass is 9.96. The summed E-state index contributed by atoms with van der Waals surface area (Å²) in [6, 6.07) is -1.05. The molecule has 2 atom stereocenters. The molecule has 0 aliphatic carbocycles. The van der Waals surface area contributed by atoms with E-state index in [0.717, 1.165) is 31.8 Å². The van der Waals surface area contributed by atoms with E-state index in [4.69, 9.17) is 5.73 Å². The van der Waals surface area contributed by atoms with E-state index in [-0.39, 0.29) is 11.9 Å². The van der Waals surface area contributed by atoms with Crippen LogP contribution in [-0.2, 0) is 4.79 Å². The lowest BCUT2D eigenvalue weighted by Gasteiger charge is -2.26. The number of hydrogen-bond donors (Lipinski definition) is 2. The number of nitrogens with zero attached hydrogens (tertiary/aromatic N) is 1.